The third-order valence-electron chi connectivity index (χ3n) is 2.63. The molecule has 1 aromatic carbocycles. The average molecular weight is 286 g/mol. The second kappa shape index (κ2) is 7.47. The molecule has 0 saturated carbocycles. The Hall–Kier alpha value is -1.11. The number of nitrogens with zero attached hydrogens (tertiary/aromatic N) is 1. The van der Waals surface area contributed by atoms with Gasteiger partial charge in [0.05, 0.1) is 6.61 Å². The van der Waals surface area contributed by atoms with Crippen LogP contribution in [0.4, 0.5) is 0 Å². The summed E-state index contributed by atoms with van der Waals surface area (Å²) in [5.41, 5.74) is 0.897. The van der Waals surface area contributed by atoms with Gasteiger partial charge in [-0.15, -0.1) is 0 Å². The Kier molecular flexibility index (Phi) is 6.27. The van der Waals surface area contributed by atoms with Crippen molar-refractivity contribution in [3.63, 3.8) is 0 Å². The molecule has 108 valence electrons. The minimum atomic E-state index is -3.37. The first-order chi connectivity index (χ1) is 8.95. The number of hydrogen-bond donors (Lipinski definition) is 1. The van der Waals surface area contributed by atoms with Crippen molar-refractivity contribution < 1.29 is 13.2 Å². The zero-order valence-corrected chi connectivity index (χ0v) is 12.5. The molecule has 1 aromatic rings. The number of ether oxygens (including phenoxy) is 1. The molecule has 0 spiro atoms. The summed E-state index contributed by atoms with van der Waals surface area (Å²) in [6.45, 7) is 3.10. The van der Waals surface area contributed by atoms with Gasteiger partial charge in [-0.2, -0.15) is 17.4 Å². The van der Waals surface area contributed by atoms with Crippen LogP contribution < -0.4 is 9.46 Å². The Morgan fingerprint density at radius 2 is 1.84 bits per heavy atom. The van der Waals surface area contributed by atoms with Crippen LogP contribution in [-0.2, 0) is 16.8 Å². The highest BCUT2D eigenvalue weighted by molar-refractivity contribution is 7.87. The van der Waals surface area contributed by atoms with Crippen LogP contribution in [0.25, 0.3) is 0 Å². The largest absolute Gasteiger partial charge is 0.494 e. The van der Waals surface area contributed by atoms with Crippen molar-refractivity contribution in [3.8, 4) is 5.75 Å². The van der Waals surface area contributed by atoms with Crippen LogP contribution in [-0.4, -0.2) is 33.4 Å². The topological polar surface area (TPSA) is 58.6 Å². The molecule has 0 aliphatic heterocycles. The summed E-state index contributed by atoms with van der Waals surface area (Å²) < 4.78 is 32.3. The van der Waals surface area contributed by atoms with Crippen molar-refractivity contribution >= 4 is 10.2 Å². The molecule has 0 radical (unpaired) electrons. The van der Waals surface area contributed by atoms with E-state index in [1.165, 1.54) is 14.1 Å². The molecule has 0 aliphatic carbocycles. The Bertz CT molecular complexity index is 469. The van der Waals surface area contributed by atoms with Gasteiger partial charge >= 0.3 is 0 Å². The van der Waals surface area contributed by atoms with Crippen molar-refractivity contribution in [2.45, 2.75) is 26.3 Å². The second-order valence-electron chi connectivity index (χ2n) is 4.45. The SMILES string of the molecule is CCCCOc1ccc(CNS(=O)(=O)N(C)C)cc1. The second-order valence-corrected chi connectivity index (χ2v) is 6.42. The van der Waals surface area contributed by atoms with Crippen molar-refractivity contribution in [3.05, 3.63) is 29.8 Å². The molecular weight excluding hydrogens is 264 g/mol. The zero-order chi connectivity index (χ0) is 14.3. The lowest BCUT2D eigenvalue weighted by Crippen LogP contribution is -2.35. The van der Waals surface area contributed by atoms with Gasteiger partial charge in [0.15, 0.2) is 0 Å². The molecule has 1 N–H and O–H groups in total. The van der Waals surface area contributed by atoms with Crippen molar-refractivity contribution in [1.82, 2.24) is 9.03 Å². The Morgan fingerprint density at radius 3 is 2.37 bits per heavy atom. The summed E-state index contributed by atoms with van der Waals surface area (Å²) in [5, 5.41) is 0. The highest BCUT2D eigenvalue weighted by atomic mass is 32.2. The molecule has 1 rings (SSSR count). The number of hydrogen-bond acceptors (Lipinski definition) is 3. The van der Waals surface area contributed by atoms with E-state index in [9.17, 15) is 8.42 Å². The van der Waals surface area contributed by atoms with Crippen LogP contribution >= 0.6 is 0 Å². The third kappa shape index (κ3) is 5.59. The molecule has 0 atom stereocenters. The van der Waals surface area contributed by atoms with Crippen molar-refractivity contribution in [2.24, 2.45) is 0 Å². The van der Waals surface area contributed by atoms with E-state index in [1.54, 1.807) is 0 Å². The fraction of sp³-hybridized carbons (Fsp3) is 0.538. The summed E-state index contributed by atoms with van der Waals surface area (Å²) in [4.78, 5) is 0. The molecule has 5 nitrogen and oxygen atoms in total. The number of rotatable bonds is 8. The van der Waals surface area contributed by atoms with Gasteiger partial charge in [-0.3, -0.25) is 0 Å². The molecule has 0 fully saturated rings. The van der Waals surface area contributed by atoms with Crippen LogP contribution in [0.2, 0.25) is 0 Å². The molecule has 0 bridgehead atoms. The molecular formula is C13H22N2O3S. The third-order valence-corrected chi connectivity index (χ3v) is 4.10. The Morgan fingerprint density at radius 1 is 1.21 bits per heavy atom. The Labute approximate surface area is 115 Å². The summed E-state index contributed by atoms with van der Waals surface area (Å²) in [6, 6.07) is 7.43. The molecule has 0 amide bonds. The average Bonchev–Trinajstić information content (AvgIpc) is 2.38. The van der Waals surface area contributed by atoms with E-state index >= 15 is 0 Å². The van der Waals surface area contributed by atoms with Crippen LogP contribution in [0.15, 0.2) is 24.3 Å². The smallest absolute Gasteiger partial charge is 0.279 e. The van der Waals surface area contributed by atoms with Gasteiger partial charge < -0.3 is 4.74 Å². The quantitative estimate of drug-likeness (QED) is 0.741. The van der Waals surface area contributed by atoms with Gasteiger partial charge in [0.25, 0.3) is 10.2 Å². The van der Waals surface area contributed by atoms with E-state index in [0.717, 1.165) is 28.5 Å². The van der Waals surface area contributed by atoms with Gasteiger partial charge in [-0.25, -0.2) is 0 Å². The van der Waals surface area contributed by atoms with E-state index in [1.807, 2.05) is 24.3 Å². The lowest BCUT2D eigenvalue weighted by atomic mass is 10.2. The predicted octanol–water partition coefficient (Wildman–Crippen LogP) is 1.76. The van der Waals surface area contributed by atoms with Gasteiger partial charge in [0.2, 0.25) is 0 Å². The van der Waals surface area contributed by atoms with E-state index in [-0.39, 0.29) is 6.54 Å². The van der Waals surface area contributed by atoms with Crippen LogP contribution in [0.1, 0.15) is 25.3 Å². The van der Waals surface area contributed by atoms with E-state index in [0.29, 0.717) is 6.61 Å². The van der Waals surface area contributed by atoms with E-state index in [2.05, 4.69) is 11.6 Å². The molecule has 0 saturated heterocycles. The minimum absolute atomic E-state index is 0.274. The number of unbranched alkanes of at least 4 members (excludes halogenated alkanes) is 1. The summed E-state index contributed by atoms with van der Waals surface area (Å²) in [6.07, 6.45) is 2.13. The first-order valence-electron chi connectivity index (χ1n) is 6.34. The highest BCUT2D eigenvalue weighted by Crippen LogP contribution is 2.12. The maximum Gasteiger partial charge on any atom is 0.279 e. The molecule has 0 unspecified atom stereocenters. The minimum Gasteiger partial charge on any atom is -0.494 e. The fourth-order valence-electron chi connectivity index (χ4n) is 1.34. The standard InChI is InChI=1S/C13H22N2O3S/c1-4-5-10-18-13-8-6-12(7-9-13)11-14-19(16,17)15(2)3/h6-9,14H,4-5,10-11H2,1-3H3. The lowest BCUT2D eigenvalue weighted by molar-refractivity contribution is 0.309. The fourth-order valence-corrected chi connectivity index (χ4v) is 1.95. The monoisotopic (exact) mass is 286 g/mol. The predicted molar refractivity (Wildman–Crippen MR) is 76.3 cm³/mol. The molecule has 0 aliphatic rings. The molecule has 19 heavy (non-hydrogen) atoms. The number of benzene rings is 1. The van der Waals surface area contributed by atoms with Gasteiger partial charge in [0.1, 0.15) is 5.75 Å². The highest BCUT2D eigenvalue weighted by Gasteiger charge is 2.11. The molecule has 6 heteroatoms. The maximum atomic E-state index is 11.5. The lowest BCUT2D eigenvalue weighted by Gasteiger charge is -2.12. The van der Waals surface area contributed by atoms with Crippen molar-refractivity contribution in [2.75, 3.05) is 20.7 Å². The van der Waals surface area contributed by atoms with Crippen LogP contribution in [0, 0.1) is 0 Å². The van der Waals surface area contributed by atoms with Gasteiger partial charge in [-0.05, 0) is 24.1 Å². The molecule has 0 aromatic heterocycles. The molecule has 0 heterocycles. The van der Waals surface area contributed by atoms with E-state index in [4.69, 9.17) is 4.74 Å². The van der Waals surface area contributed by atoms with Gasteiger partial charge in [-0.1, -0.05) is 25.5 Å². The maximum absolute atomic E-state index is 11.5. The first kappa shape index (κ1) is 15.9. The van der Waals surface area contributed by atoms with Crippen LogP contribution in [0.5, 0.6) is 5.75 Å². The van der Waals surface area contributed by atoms with Gasteiger partial charge in [0, 0.05) is 20.6 Å². The van der Waals surface area contributed by atoms with Crippen LogP contribution in [0.3, 0.4) is 0 Å². The van der Waals surface area contributed by atoms with Crippen molar-refractivity contribution in [1.29, 1.82) is 0 Å². The summed E-state index contributed by atoms with van der Waals surface area (Å²) in [7, 11) is -0.386. The summed E-state index contributed by atoms with van der Waals surface area (Å²) >= 11 is 0. The normalized spacial score (nSPS) is 11.8. The number of nitrogens with one attached hydrogen (secondary N) is 1. The first-order valence-corrected chi connectivity index (χ1v) is 7.78. The Balaban J connectivity index is 2.49. The van der Waals surface area contributed by atoms with E-state index < -0.39 is 10.2 Å². The zero-order valence-electron chi connectivity index (χ0n) is 11.7. The summed E-state index contributed by atoms with van der Waals surface area (Å²) in [5.74, 6) is 0.813.